The third kappa shape index (κ3) is 3.92. The first-order valence-electron chi connectivity index (χ1n) is 6.41. The number of rotatable bonds is 6. The summed E-state index contributed by atoms with van der Waals surface area (Å²) >= 11 is 7.97. The molecule has 2 nitrogen and oxygen atoms in total. The fourth-order valence-corrected chi connectivity index (χ4v) is 3.26. The van der Waals surface area contributed by atoms with Crippen LogP contribution in [0, 0.1) is 0 Å². The molecule has 0 fully saturated rings. The summed E-state index contributed by atoms with van der Waals surface area (Å²) in [6, 6.07) is 14.0. The van der Waals surface area contributed by atoms with E-state index in [0.717, 1.165) is 33.4 Å². The van der Waals surface area contributed by atoms with Crippen LogP contribution in [-0.2, 0) is 18.1 Å². The molecular formula is C16H18ClNOS. The van der Waals surface area contributed by atoms with Crippen molar-refractivity contribution in [3.8, 4) is 5.75 Å². The van der Waals surface area contributed by atoms with Crippen molar-refractivity contribution in [3.63, 3.8) is 0 Å². The lowest BCUT2D eigenvalue weighted by Crippen LogP contribution is -1.99. The molecule has 0 aliphatic carbocycles. The van der Waals surface area contributed by atoms with Gasteiger partial charge >= 0.3 is 0 Å². The summed E-state index contributed by atoms with van der Waals surface area (Å²) in [7, 11) is 1.69. The Morgan fingerprint density at radius 3 is 2.55 bits per heavy atom. The minimum absolute atomic E-state index is 0.548. The monoisotopic (exact) mass is 307 g/mol. The smallest absolute Gasteiger partial charge is 0.122 e. The van der Waals surface area contributed by atoms with Crippen molar-refractivity contribution in [1.82, 2.24) is 0 Å². The van der Waals surface area contributed by atoms with Gasteiger partial charge in [0.25, 0.3) is 0 Å². The zero-order chi connectivity index (χ0) is 14.4. The first-order chi connectivity index (χ1) is 9.74. The van der Waals surface area contributed by atoms with Crippen molar-refractivity contribution >= 4 is 23.4 Å². The third-order valence-corrected chi connectivity index (χ3v) is 4.45. The number of halogens is 1. The van der Waals surface area contributed by atoms with E-state index in [4.69, 9.17) is 22.1 Å². The van der Waals surface area contributed by atoms with E-state index < -0.39 is 0 Å². The van der Waals surface area contributed by atoms with Gasteiger partial charge in [-0.3, -0.25) is 0 Å². The predicted octanol–water partition coefficient (Wildman–Crippen LogP) is 4.24. The number of hydrogen-bond acceptors (Lipinski definition) is 3. The molecule has 0 saturated carbocycles. The molecule has 2 aromatic rings. The quantitative estimate of drug-likeness (QED) is 0.867. The summed E-state index contributed by atoms with van der Waals surface area (Å²) < 4.78 is 5.39. The minimum atomic E-state index is 0.548. The molecule has 0 aromatic heterocycles. The first-order valence-corrected chi connectivity index (χ1v) is 7.95. The largest absolute Gasteiger partial charge is 0.496 e. The van der Waals surface area contributed by atoms with Crippen LogP contribution < -0.4 is 10.5 Å². The molecular weight excluding hydrogens is 290 g/mol. The van der Waals surface area contributed by atoms with Gasteiger partial charge in [-0.05, 0) is 29.3 Å². The summed E-state index contributed by atoms with van der Waals surface area (Å²) in [4.78, 5) is 0. The van der Waals surface area contributed by atoms with Crippen LogP contribution in [0.5, 0.6) is 5.75 Å². The maximum atomic E-state index is 6.16. The maximum absolute atomic E-state index is 6.16. The summed E-state index contributed by atoms with van der Waals surface area (Å²) in [6.45, 7) is 0.548. The van der Waals surface area contributed by atoms with Gasteiger partial charge in [-0.1, -0.05) is 35.9 Å². The lowest BCUT2D eigenvalue weighted by molar-refractivity contribution is 0.411. The molecule has 2 aromatic carbocycles. The van der Waals surface area contributed by atoms with E-state index in [1.807, 2.05) is 42.1 Å². The summed E-state index contributed by atoms with van der Waals surface area (Å²) in [5.41, 5.74) is 9.14. The van der Waals surface area contributed by atoms with E-state index in [9.17, 15) is 0 Å². The number of benzene rings is 2. The Hall–Kier alpha value is -1.16. The van der Waals surface area contributed by atoms with Gasteiger partial charge in [-0.15, -0.1) is 0 Å². The standard InChI is InChI=1S/C16H18ClNOS/c1-19-16-7-6-12(9-18)8-14(16)11-20-10-13-4-2-3-5-15(13)17/h2-8H,9-11,18H2,1H3. The van der Waals surface area contributed by atoms with Gasteiger partial charge < -0.3 is 10.5 Å². The molecule has 2 rings (SSSR count). The van der Waals surface area contributed by atoms with Crippen LogP contribution in [0.2, 0.25) is 5.02 Å². The lowest BCUT2D eigenvalue weighted by atomic mass is 10.1. The first kappa shape index (κ1) is 15.2. The SMILES string of the molecule is COc1ccc(CN)cc1CSCc1ccccc1Cl. The highest BCUT2D eigenvalue weighted by atomic mass is 35.5. The van der Waals surface area contributed by atoms with Crippen molar-refractivity contribution in [1.29, 1.82) is 0 Å². The molecule has 0 spiro atoms. The molecule has 0 amide bonds. The van der Waals surface area contributed by atoms with Crippen molar-refractivity contribution in [3.05, 3.63) is 64.2 Å². The van der Waals surface area contributed by atoms with Crippen molar-refractivity contribution < 1.29 is 4.74 Å². The highest BCUT2D eigenvalue weighted by Gasteiger charge is 2.05. The van der Waals surface area contributed by atoms with E-state index in [0.29, 0.717) is 6.54 Å². The van der Waals surface area contributed by atoms with Gasteiger partial charge in [0.2, 0.25) is 0 Å². The lowest BCUT2D eigenvalue weighted by Gasteiger charge is -2.10. The van der Waals surface area contributed by atoms with Crippen LogP contribution in [0.3, 0.4) is 0 Å². The van der Waals surface area contributed by atoms with Gasteiger partial charge in [-0.25, -0.2) is 0 Å². The van der Waals surface area contributed by atoms with Crippen LogP contribution in [0.1, 0.15) is 16.7 Å². The molecule has 0 aliphatic rings. The van der Waals surface area contributed by atoms with Gasteiger partial charge in [-0.2, -0.15) is 11.8 Å². The summed E-state index contributed by atoms with van der Waals surface area (Å²) in [5.74, 6) is 2.67. The number of thioether (sulfide) groups is 1. The minimum Gasteiger partial charge on any atom is -0.496 e. The molecule has 2 N–H and O–H groups in total. The molecule has 0 aliphatic heterocycles. The average molecular weight is 308 g/mol. The fourth-order valence-electron chi connectivity index (χ4n) is 1.96. The van der Waals surface area contributed by atoms with Gasteiger partial charge in [0, 0.05) is 28.6 Å². The Morgan fingerprint density at radius 1 is 1.10 bits per heavy atom. The van der Waals surface area contributed by atoms with Gasteiger partial charge in [0.15, 0.2) is 0 Å². The summed E-state index contributed by atoms with van der Waals surface area (Å²) in [5, 5.41) is 0.822. The number of hydrogen-bond donors (Lipinski definition) is 1. The molecule has 4 heteroatoms. The second-order valence-electron chi connectivity index (χ2n) is 4.43. The number of methoxy groups -OCH3 is 1. The zero-order valence-electron chi connectivity index (χ0n) is 11.4. The second kappa shape index (κ2) is 7.58. The fraction of sp³-hybridized carbons (Fsp3) is 0.250. The van der Waals surface area contributed by atoms with Crippen molar-refractivity contribution in [2.75, 3.05) is 7.11 Å². The molecule has 0 radical (unpaired) electrons. The van der Waals surface area contributed by atoms with E-state index in [1.54, 1.807) is 7.11 Å². The molecule has 0 saturated heterocycles. The molecule has 0 atom stereocenters. The van der Waals surface area contributed by atoms with Gasteiger partial charge in [0.05, 0.1) is 7.11 Å². The summed E-state index contributed by atoms with van der Waals surface area (Å²) in [6.07, 6.45) is 0. The Labute approximate surface area is 129 Å². The Balaban J connectivity index is 2.02. The van der Waals surface area contributed by atoms with E-state index >= 15 is 0 Å². The molecule has 20 heavy (non-hydrogen) atoms. The third-order valence-electron chi connectivity index (χ3n) is 3.05. The van der Waals surface area contributed by atoms with Crippen molar-refractivity contribution in [2.45, 2.75) is 18.1 Å². The van der Waals surface area contributed by atoms with Crippen molar-refractivity contribution in [2.24, 2.45) is 5.73 Å². The van der Waals surface area contributed by atoms with Crippen LogP contribution >= 0.6 is 23.4 Å². The molecule has 0 unspecified atom stereocenters. The van der Waals surface area contributed by atoms with Crippen LogP contribution in [-0.4, -0.2) is 7.11 Å². The van der Waals surface area contributed by atoms with E-state index in [1.165, 1.54) is 5.56 Å². The number of nitrogens with two attached hydrogens (primary N) is 1. The Kier molecular flexibility index (Phi) is 5.77. The van der Waals surface area contributed by atoms with Crippen LogP contribution in [0.25, 0.3) is 0 Å². The zero-order valence-corrected chi connectivity index (χ0v) is 13.0. The van der Waals surface area contributed by atoms with Crippen LogP contribution in [0.15, 0.2) is 42.5 Å². The molecule has 0 bridgehead atoms. The maximum Gasteiger partial charge on any atom is 0.122 e. The topological polar surface area (TPSA) is 35.2 Å². The van der Waals surface area contributed by atoms with Gasteiger partial charge in [0.1, 0.15) is 5.75 Å². The second-order valence-corrected chi connectivity index (χ2v) is 5.83. The highest BCUT2D eigenvalue weighted by Crippen LogP contribution is 2.28. The van der Waals surface area contributed by atoms with E-state index in [-0.39, 0.29) is 0 Å². The normalized spacial score (nSPS) is 10.6. The Morgan fingerprint density at radius 2 is 1.85 bits per heavy atom. The highest BCUT2D eigenvalue weighted by molar-refractivity contribution is 7.97. The Bertz CT molecular complexity index is 574. The predicted molar refractivity (Wildman–Crippen MR) is 87.3 cm³/mol. The molecule has 106 valence electrons. The molecule has 0 heterocycles. The average Bonchev–Trinajstić information content (AvgIpc) is 2.49. The van der Waals surface area contributed by atoms with E-state index in [2.05, 4.69) is 12.1 Å². The van der Waals surface area contributed by atoms with Crippen LogP contribution in [0.4, 0.5) is 0 Å². The number of ether oxygens (including phenoxy) is 1.